The molecule has 0 saturated heterocycles. The first-order valence-electron chi connectivity index (χ1n) is 10.0. The van der Waals surface area contributed by atoms with Crippen molar-refractivity contribution in [1.82, 2.24) is 4.98 Å². The molecular weight excluding hydrogens is 371 g/mol. The van der Waals surface area contributed by atoms with E-state index in [1.165, 1.54) is 17.9 Å². The van der Waals surface area contributed by atoms with Gasteiger partial charge in [-0.05, 0) is 48.4 Å². The quantitative estimate of drug-likeness (QED) is 0.570. The van der Waals surface area contributed by atoms with Crippen molar-refractivity contribution >= 4 is 19.1 Å². The van der Waals surface area contributed by atoms with Crippen LogP contribution in [0.25, 0.3) is 0 Å². The number of hydrogen-bond donors (Lipinski definition) is 2. The average molecular weight is 401 g/mol. The highest BCUT2D eigenvalue weighted by molar-refractivity contribution is 6.89. The van der Waals surface area contributed by atoms with Crippen LogP contribution in [0.2, 0.25) is 19.6 Å². The van der Waals surface area contributed by atoms with Gasteiger partial charge in [-0.25, -0.2) is 9.37 Å². The predicted molar refractivity (Wildman–Crippen MR) is 112 cm³/mol. The Morgan fingerprint density at radius 2 is 2.04 bits per heavy atom. The Labute approximate surface area is 167 Å². The molecule has 1 saturated carbocycles. The lowest BCUT2D eigenvalue weighted by molar-refractivity contribution is -0.0895. The lowest BCUT2D eigenvalue weighted by Gasteiger charge is -2.22. The van der Waals surface area contributed by atoms with Crippen LogP contribution in [0.3, 0.4) is 0 Å². The third-order valence-electron chi connectivity index (χ3n) is 6.13. The Morgan fingerprint density at radius 1 is 1.25 bits per heavy atom. The summed E-state index contributed by atoms with van der Waals surface area (Å²) in [5.41, 5.74) is 3.16. The van der Waals surface area contributed by atoms with Crippen molar-refractivity contribution in [3.63, 3.8) is 0 Å². The van der Waals surface area contributed by atoms with E-state index in [-0.39, 0.29) is 17.8 Å². The van der Waals surface area contributed by atoms with Gasteiger partial charge in [0.2, 0.25) is 0 Å². The number of anilines is 1. The molecule has 6 heteroatoms. The number of nitrogens with zero attached hydrogens (tertiary/aromatic N) is 1. The number of fused-ring (bicyclic) bond motifs is 1. The summed E-state index contributed by atoms with van der Waals surface area (Å²) in [6.07, 6.45) is 3.88. The number of aliphatic hydroxyl groups is 1. The van der Waals surface area contributed by atoms with Crippen molar-refractivity contribution in [3.8, 4) is 0 Å². The van der Waals surface area contributed by atoms with Crippen molar-refractivity contribution in [2.75, 3.05) is 12.4 Å². The van der Waals surface area contributed by atoms with Gasteiger partial charge >= 0.3 is 0 Å². The number of benzene rings is 1. The predicted octanol–water partition coefficient (Wildman–Crippen LogP) is 3.93. The molecular formula is C22H29FN2O2Si. The highest BCUT2D eigenvalue weighted by Crippen LogP contribution is 2.49. The minimum Gasteiger partial charge on any atom is -0.368 e. The van der Waals surface area contributed by atoms with E-state index < -0.39 is 14.4 Å². The van der Waals surface area contributed by atoms with Gasteiger partial charge < -0.3 is 15.2 Å². The summed E-state index contributed by atoms with van der Waals surface area (Å²) in [5.74, 6) is 1.11. The summed E-state index contributed by atoms with van der Waals surface area (Å²) >= 11 is 0. The molecule has 2 N–H and O–H groups in total. The molecule has 1 heterocycles. The first-order valence-corrected chi connectivity index (χ1v) is 13.5. The zero-order chi connectivity index (χ0) is 20.1. The molecule has 1 aromatic heterocycles. The molecule has 0 radical (unpaired) electrons. The van der Waals surface area contributed by atoms with Gasteiger partial charge in [-0.2, -0.15) is 0 Å². The summed E-state index contributed by atoms with van der Waals surface area (Å²) in [7, 11) is 0.0174. The van der Waals surface area contributed by atoms with Gasteiger partial charge in [0.15, 0.2) is 6.29 Å². The van der Waals surface area contributed by atoms with E-state index in [2.05, 4.69) is 29.9 Å². The molecule has 0 bridgehead atoms. The highest BCUT2D eigenvalue weighted by Gasteiger charge is 2.44. The van der Waals surface area contributed by atoms with Crippen molar-refractivity contribution in [1.29, 1.82) is 0 Å². The van der Waals surface area contributed by atoms with Gasteiger partial charge in [0.25, 0.3) is 0 Å². The van der Waals surface area contributed by atoms with Gasteiger partial charge in [0.1, 0.15) is 11.6 Å². The lowest BCUT2D eigenvalue weighted by atomic mass is 10.1. The molecule has 1 fully saturated rings. The maximum absolute atomic E-state index is 14.7. The molecule has 0 spiro atoms. The van der Waals surface area contributed by atoms with Gasteiger partial charge in [0.05, 0.1) is 14.1 Å². The van der Waals surface area contributed by atoms with Crippen LogP contribution in [0.4, 0.5) is 10.2 Å². The average Bonchev–Trinajstić information content (AvgIpc) is 3.35. The summed E-state index contributed by atoms with van der Waals surface area (Å²) in [6.45, 7) is 6.94. The fourth-order valence-corrected chi connectivity index (χ4v) is 6.29. The van der Waals surface area contributed by atoms with Gasteiger partial charge in [-0.3, -0.25) is 0 Å². The largest absolute Gasteiger partial charge is 0.368 e. The van der Waals surface area contributed by atoms with Crippen molar-refractivity contribution in [3.05, 3.63) is 53.0 Å². The van der Waals surface area contributed by atoms with Crippen LogP contribution in [0.1, 0.15) is 41.5 Å². The number of aliphatic hydroxyl groups excluding tert-OH is 1. The number of rotatable bonds is 6. The molecule has 2 aromatic rings. The zero-order valence-electron chi connectivity index (χ0n) is 17.0. The van der Waals surface area contributed by atoms with Gasteiger partial charge in [0, 0.05) is 24.8 Å². The second kappa shape index (κ2) is 7.24. The number of nitrogens with one attached hydrogen (secondary N) is 1. The number of aromatic nitrogens is 1. The minimum atomic E-state index is -1.51. The first-order chi connectivity index (χ1) is 13.3. The molecule has 1 aromatic carbocycles. The van der Waals surface area contributed by atoms with Crippen molar-refractivity contribution in [2.45, 2.75) is 57.2 Å². The minimum absolute atomic E-state index is 0.0337. The van der Waals surface area contributed by atoms with Crippen LogP contribution in [-0.4, -0.2) is 31.6 Å². The third-order valence-corrected chi connectivity index (χ3v) is 8.21. The van der Waals surface area contributed by atoms with E-state index in [1.807, 2.05) is 24.4 Å². The Morgan fingerprint density at radius 3 is 2.68 bits per heavy atom. The summed E-state index contributed by atoms with van der Waals surface area (Å²) in [6, 6.07) is 7.61. The fourth-order valence-electron chi connectivity index (χ4n) is 4.54. The summed E-state index contributed by atoms with van der Waals surface area (Å²) in [4.78, 5) is 4.55. The van der Waals surface area contributed by atoms with Crippen LogP contribution in [0, 0.1) is 11.7 Å². The number of methoxy groups -OCH3 is 1. The van der Waals surface area contributed by atoms with Crippen LogP contribution < -0.4 is 10.5 Å². The molecule has 4 nitrogen and oxygen atoms in total. The first kappa shape index (κ1) is 19.5. The summed E-state index contributed by atoms with van der Waals surface area (Å²) < 4.78 is 19.7. The molecule has 28 heavy (non-hydrogen) atoms. The Kier molecular flexibility index (Phi) is 5.06. The fraction of sp³-hybridized carbons (Fsp3) is 0.500. The summed E-state index contributed by atoms with van der Waals surface area (Å²) in [5, 5.41) is 14.6. The molecule has 4 rings (SSSR count). The van der Waals surface area contributed by atoms with E-state index in [9.17, 15) is 9.50 Å². The molecule has 150 valence electrons. The second-order valence-corrected chi connectivity index (χ2v) is 14.1. The zero-order valence-corrected chi connectivity index (χ0v) is 18.0. The normalized spacial score (nSPS) is 24.7. The van der Waals surface area contributed by atoms with Gasteiger partial charge in [-0.1, -0.05) is 37.0 Å². The number of pyridine rings is 1. The number of hydrogen-bond acceptors (Lipinski definition) is 4. The van der Waals surface area contributed by atoms with Crippen molar-refractivity contribution in [2.24, 2.45) is 5.92 Å². The third kappa shape index (κ3) is 3.61. The monoisotopic (exact) mass is 400 g/mol. The number of halogens is 1. The van der Waals surface area contributed by atoms with E-state index >= 15 is 0 Å². The molecule has 4 atom stereocenters. The topological polar surface area (TPSA) is 54.4 Å². The molecule has 2 aliphatic rings. The molecule has 0 aliphatic heterocycles. The Balaban J connectivity index is 1.50. The highest BCUT2D eigenvalue weighted by atomic mass is 28.3. The van der Waals surface area contributed by atoms with E-state index in [0.717, 1.165) is 36.2 Å². The van der Waals surface area contributed by atoms with Crippen LogP contribution in [0.5, 0.6) is 0 Å². The Bertz CT molecular complexity index is 866. The maximum Gasteiger partial charge on any atom is 0.157 e. The SMILES string of the molecule is COC(O)[C@H]1C[C@@H]1c1ccc(N[C@@H]2CCc3c([Si](C)(C)C)ccc(F)c32)nc1. The van der Waals surface area contributed by atoms with E-state index in [1.54, 1.807) is 6.07 Å². The molecule has 1 unspecified atom stereocenters. The van der Waals surface area contributed by atoms with Gasteiger partial charge in [-0.15, -0.1) is 0 Å². The van der Waals surface area contributed by atoms with E-state index in [0.29, 0.717) is 5.92 Å². The van der Waals surface area contributed by atoms with E-state index in [4.69, 9.17) is 4.74 Å². The van der Waals surface area contributed by atoms with Crippen LogP contribution >= 0.6 is 0 Å². The van der Waals surface area contributed by atoms with Crippen LogP contribution in [-0.2, 0) is 11.2 Å². The van der Waals surface area contributed by atoms with Crippen molar-refractivity contribution < 1.29 is 14.2 Å². The lowest BCUT2D eigenvalue weighted by Crippen LogP contribution is -2.40. The van der Waals surface area contributed by atoms with Crippen LogP contribution in [0.15, 0.2) is 30.5 Å². The smallest absolute Gasteiger partial charge is 0.157 e. The molecule has 2 aliphatic carbocycles. The standard InChI is InChI=1S/C22H29FN2O2Si/c1-27-22(26)16-11-15(16)13-5-10-20(24-12-13)25-18-8-6-14-19(28(2,3)4)9-7-17(23)21(14)18/h5,7,9-10,12,15-16,18,22,26H,6,8,11H2,1-4H3,(H,24,25)/t15-,16+,18-,22?/m1/s1. The number of ether oxygens (including phenoxy) is 1. The molecule has 0 amide bonds. The second-order valence-electron chi connectivity index (χ2n) is 9.08. The maximum atomic E-state index is 14.7. The Hall–Kier alpha value is -1.76.